The molecule has 0 spiro atoms. The van der Waals surface area contributed by atoms with Crippen LogP contribution < -0.4 is 4.74 Å². The van der Waals surface area contributed by atoms with Crippen LogP contribution in [0, 0.1) is 0 Å². The zero-order valence-electron chi connectivity index (χ0n) is 19.1. The third-order valence-corrected chi connectivity index (χ3v) is 7.80. The highest BCUT2D eigenvalue weighted by Crippen LogP contribution is 2.32. The molecular formula is C24H25N3O6S2. The monoisotopic (exact) mass is 515 g/mol. The second-order valence-corrected chi connectivity index (χ2v) is 11.2. The normalized spacial score (nSPS) is 18.9. The van der Waals surface area contributed by atoms with E-state index >= 15 is 0 Å². The van der Waals surface area contributed by atoms with Crippen LogP contribution >= 0.6 is 11.8 Å². The van der Waals surface area contributed by atoms with Crippen LogP contribution in [-0.2, 0) is 26.2 Å². The van der Waals surface area contributed by atoms with Crippen molar-refractivity contribution in [3.05, 3.63) is 70.6 Å². The summed E-state index contributed by atoms with van der Waals surface area (Å²) < 4.78 is 30.4. The lowest BCUT2D eigenvalue weighted by molar-refractivity contribution is -0.138. The Morgan fingerprint density at radius 3 is 2.29 bits per heavy atom. The van der Waals surface area contributed by atoms with Gasteiger partial charge in [0, 0.05) is 26.2 Å². The molecule has 0 aromatic heterocycles. The predicted octanol–water partition coefficient (Wildman–Crippen LogP) is 2.41. The molecule has 0 saturated carbocycles. The fraction of sp³-hybridized carbons (Fsp3) is 0.292. The molecule has 3 amide bonds. The minimum atomic E-state index is -3.28. The Morgan fingerprint density at radius 1 is 1.00 bits per heavy atom. The number of imide groups is 3. The summed E-state index contributed by atoms with van der Waals surface area (Å²) in [7, 11) is -3.28. The predicted molar refractivity (Wildman–Crippen MR) is 133 cm³/mol. The van der Waals surface area contributed by atoms with Gasteiger partial charge in [-0.05, 0) is 41.1 Å². The number of hydrogen-bond acceptors (Lipinski definition) is 8. The lowest BCUT2D eigenvalue weighted by atomic mass is 10.2. The molecule has 4 rings (SSSR count). The van der Waals surface area contributed by atoms with E-state index in [2.05, 4.69) is 0 Å². The number of benzene rings is 2. The molecule has 0 aliphatic carbocycles. The minimum absolute atomic E-state index is 0.129. The maximum absolute atomic E-state index is 12.8. The number of carbonyl (C=O) groups excluding carboxylic acids is 3. The quantitative estimate of drug-likeness (QED) is 0.518. The molecule has 0 radical (unpaired) electrons. The van der Waals surface area contributed by atoms with E-state index < -0.39 is 27.1 Å². The Balaban J connectivity index is 1.34. The Kier molecular flexibility index (Phi) is 7.70. The molecule has 0 N–H and O–H groups in total. The van der Waals surface area contributed by atoms with E-state index in [1.807, 2.05) is 30.3 Å². The van der Waals surface area contributed by atoms with E-state index in [0.29, 0.717) is 35.9 Å². The van der Waals surface area contributed by atoms with Crippen molar-refractivity contribution >= 4 is 44.9 Å². The van der Waals surface area contributed by atoms with Gasteiger partial charge in [0.2, 0.25) is 10.0 Å². The third-order valence-electron chi connectivity index (χ3n) is 5.63. The van der Waals surface area contributed by atoms with Gasteiger partial charge in [0.25, 0.3) is 17.1 Å². The smallest absolute Gasteiger partial charge is 0.300 e. The van der Waals surface area contributed by atoms with Gasteiger partial charge in [0.1, 0.15) is 12.4 Å². The zero-order valence-corrected chi connectivity index (χ0v) is 20.8. The fourth-order valence-electron chi connectivity index (χ4n) is 3.72. The van der Waals surface area contributed by atoms with Crippen molar-refractivity contribution < 1.29 is 27.5 Å². The van der Waals surface area contributed by atoms with Gasteiger partial charge in [-0.15, -0.1) is 0 Å². The summed E-state index contributed by atoms with van der Waals surface area (Å²) in [6.45, 7) is 1.53. The minimum Gasteiger partial charge on any atom is -0.489 e. The fourth-order valence-corrected chi connectivity index (χ4v) is 5.38. The van der Waals surface area contributed by atoms with E-state index in [9.17, 15) is 22.8 Å². The molecule has 35 heavy (non-hydrogen) atoms. The van der Waals surface area contributed by atoms with Crippen LogP contribution in [0.5, 0.6) is 5.75 Å². The van der Waals surface area contributed by atoms with Crippen LogP contribution in [0.3, 0.4) is 0 Å². The summed E-state index contributed by atoms with van der Waals surface area (Å²) in [5, 5.41) is -0.635. The number of carbonyl (C=O) groups is 3. The molecule has 2 aliphatic rings. The first kappa shape index (κ1) is 25.1. The van der Waals surface area contributed by atoms with Crippen molar-refractivity contribution in [1.82, 2.24) is 14.1 Å². The number of thioether (sulfide) groups is 1. The average Bonchev–Trinajstić information content (AvgIpc) is 3.11. The molecule has 2 aliphatic heterocycles. The summed E-state index contributed by atoms with van der Waals surface area (Å²) in [5.41, 5.74) is 1.75. The van der Waals surface area contributed by atoms with Gasteiger partial charge in [0.15, 0.2) is 0 Å². The first-order valence-corrected chi connectivity index (χ1v) is 13.6. The van der Waals surface area contributed by atoms with Gasteiger partial charge in [-0.3, -0.25) is 19.3 Å². The summed E-state index contributed by atoms with van der Waals surface area (Å²) in [5.74, 6) is -0.595. The summed E-state index contributed by atoms with van der Waals surface area (Å²) in [4.78, 5) is 40.5. The highest BCUT2D eigenvalue weighted by molar-refractivity contribution is 8.18. The number of ether oxygens (including phenoxy) is 1. The molecule has 0 atom stereocenters. The van der Waals surface area contributed by atoms with Crippen LogP contribution in [0.25, 0.3) is 6.08 Å². The van der Waals surface area contributed by atoms with Crippen LogP contribution in [0.15, 0.2) is 59.5 Å². The summed E-state index contributed by atoms with van der Waals surface area (Å²) >= 11 is 0.723. The van der Waals surface area contributed by atoms with Gasteiger partial charge in [-0.2, -0.15) is 4.31 Å². The Morgan fingerprint density at radius 2 is 1.66 bits per heavy atom. The molecule has 2 aromatic carbocycles. The first-order chi connectivity index (χ1) is 16.7. The molecule has 9 nitrogen and oxygen atoms in total. The molecule has 2 fully saturated rings. The van der Waals surface area contributed by atoms with Crippen molar-refractivity contribution in [2.45, 2.75) is 6.61 Å². The first-order valence-electron chi connectivity index (χ1n) is 11.0. The summed E-state index contributed by atoms with van der Waals surface area (Å²) in [6.07, 6.45) is 2.72. The van der Waals surface area contributed by atoms with Gasteiger partial charge < -0.3 is 4.74 Å². The molecule has 0 bridgehead atoms. The highest BCUT2D eigenvalue weighted by atomic mass is 32.2. The lowest BCUT2D eigenvalue weighted by Crippen LogP contribution is -2.51. The maximum Gasteiger partial charge on any atom is 0.300 e. The number of sulfonamides is 1. The Labute approximate surface area is 208 Å². The van der Waals surface area contributed by atoms with Crippen LogP contribution in [0.1, 0.15) is 11.1 Å². The Bertz CT molecular complexity index is 1240. The average molecular weight is 516 g/mol. The van der Waals surface area contributed by atoms with E-state index in [4.69, 9.17) is 4.74 Å². The van der Waals surface area contributed by atoms with Gasteiger partial charge in [-0.25, -0.2) is 13.3 Å². The molecule has 2 saturated heterocycles. The molecular weight excluding hydrogens is 490 g/mol. The molecule has 0 unspecified atom stereocenters. The van der Waals surface area contributed by atoms with E-state index in [-0.39, 0.29) is 24.5 Å². The van der Waals surface area contributed by atoms with Crippen molar-refractivity contribution in [2.24, 2.45) is 0 Å². The number of hydrogen-bond donors (Lipinski definition) is 0. The third kappa shape index (κ3) is 6.37. The maximum atomic E-state index is 12.8. The van der Waals surface area contributed by atoms with Crippen molar-refractivity contribution in [1.29, 1.82) is 0 Å². The number of rotatable bonds is 7. The second kappa shape index (κ2) is 10.7. The summed E-state index contributed by atoms with van der Waals surface area (Å²) in [6, 6.07) is 16.9. The van der Waals surface area contributed by atoms with Crippen LogP contribution in [0.2, 0.25) is 0 Å². The van der Waals surface area contributed by atoms with Gasteiger partial charge >= 0.3 is 0 Å². The lowest BCUT2D eigenvalue weighted by Gasteiger charge is -2.33. The van der Waals surface area contributed by atoms with Crippen LogP contribution in [0.4, 0.5) is 4.79 Å². The molecule has 11 heteroatoms. The number of nitrogens with zero attached hydrogens (tertiary/aromatic N) is 3. The van der Waals surface area contributed by atoms with Gasteiger partial charge in [-0.1, -0.05) is 42.5 Å². The molecule has 2 heterocycles. The molecule has 2 aromatic rings. The number of piperazine rings is 1. The number of amides is 3. The highest BCUT2D eigenvalue weighted by Gasteiger charge is 2.40. The SMILES string of the molecule is CS(=O)(=O)N1CCN(CC(=O)N2C(=O)S/C(=C\c3ccc(OCc4ccccc4)cc3)C2=O)CC1. The standard InChI is InChI=1S/C24H25N3O6S2/c1-35(31,32)26-13-11-25(12-14-26)16-22(28)27-23(29)21(34-24(27)30)15-18-7-9-20(10-8-18)33-17-19-5-3-2-4-6-19/h2-10,15H,11-14,16-17H2,1H3/b21-15-. The second-order valence-electron chi connectivity index (χ2n) is 8.19. The van der Waals surface area contributed by atoms with E-state index in [1.165, 1.54) is 4.31 Å². The zero-order chi connectivity index (χ0) is 25.0. The van der Waals surface area contributed by atoms with E-state index in [0.717, 1.165) is 23.6 Å². The van der Waals surface area contributed by atoms with Crippen LogP contribution in [-0.4, -0.2) is 78.6 Å². The Hall–Kier alpha value is -2.99. The van der Waals surface area contributed by atoms with Gasteiger partial charge in [0.05, 0.1) is 17.7 Å². The van der Waals surface area contributed by atoms with E-state index in [1.54, 1.807) is 35.2 Å². The molecule has 184 valence electrons. The topological polar surface area (TPSA) is 104 Å². The van der Waals surface area contributed by atoms with Crippen molar-refractivity contribution in [2.75, 3.05) is 39.0 Å². The van der Waals surface area contributed by atoms with Crippen molar-refractivity contribution in [3.8, 4) is 5.75 Å². The van der Waals surface area contributed by atoms with Crippen molar-refractivity contribution in [3.63, 3.8) is 0 Å². The largest absolute Gasteiger partial charge is 0.489 e.